The van der Waals surface area contributed by atoms with Gasteiger partial charge in [0.05, 0.1) is 17.8 Å². The van der Waals surface area contributed by atoms with Crippen LogP contribution in [-0.4, -0.2) is 29.6 Å². The lowest BCUT2D eigenvalue weighted by Gasteiger charge is -2.12. The molecule has 0 saturated heterocycles. The van der Waals surface area contributed by atoms with Crippen LogP contribution in [0.1, 0.15) is 17.0 Å². The number of aryl methyl sites for hydroxylation is 3. The van der Waals surface area contributed by atoms with Crippen molar-refractivity contribution in [2.75, 3.05) is 11.0 Å². The number of benzene rings is 1. The number of imidazole rings is 1. The third kappa shape index (κ3) is 4.05. The normalized spacial score (nSPS) is 12.3. The minimum Gasteiger partial charge on any atom is -0.323 e. The van der Waals surface area contributed by atoms with E-state index in [0.717, 1.165) is 6.07 Å². The molecule has 0 spiro atoms. The van der Waals surface area contributed by atoms with Crippen LogP contribution >= 0.6 is 0 Å². The first kappa shape index (κ1) is 21.8. The Kier molecular flexibility index (Phi) is 5.64. The number of hydrogen-bond acceptors (Lipinski definition) is 4. The van der Waals surface area contributed by atoms with Crippen molar-refractivity contribution in [2.24, 2.45) is 7.05 Å². The zero-order valence-electron chi connectivity index (χ0n) is 17.9. The number of rotatable bonds is 5. The van der Waals surface area contributed by atoms with Crippen LogP contribution in [0.4, 0.5) is 14.6 Å². The van der Waals surface area contributed by atoms with Gasteiger partial charge in [0, 0.05) is 42.3 Å². The molecule has 7 nitrogen and oxygen atoms in total. The van der Waals surface area contributed by atoms with E-state index >= 15 is 0 Å². The molecule has 0 aliphatic heterocycles. The first-order valence-electron chi connectivity index (χ1n) is 9.73. The minimum atomic E-state index is -1.41. The molecule has 10 heteroatoms. The zero-order valence-corrected chi connectivity index (χ0v) is 18.8. The van der Waals surface area contributed by atoms with Gasteiger partial charge in [0.15, 0.2) is 5.82 Å². The van der Waals surface area contributed by atoms with E-state index in [-0.39, 0.29) is 12.1 Å². The fraction of sp³-hybridized carbons (Fsp3) is 0.227. The summed E-state index contributed by atoms with van der Waals surface area (Å²) in [5, 5.41) is 0. The molecular weight excluding hydrogens is 436 g/mol. The highest BCUT2D eigenvalue weighted by atomic mass is 32.2. The molecule has 3 aromatic heterocycles. The van der Waals surface area contributed by atoms with Crippen molar-refractivity contribution in [2.45, 2.75) is 20.4 Å². The van der Waals surface area contributed by atoms with E-state index in [0.29, 0.717) is 45.1 Å². The average molecular weight is 458 g/mol. The fourth-order valence-electron chi connectivity index (χ4n) is 3.63. The quantitative estimate of drug-likeness (QED) is 0.498. The summed E-state index contributed by atoms with van der Waals surface area (Å²) in [6.45, 7) is 3.61. The maximum absolute atomic E-state index is 14.3. The second kappa shape index (κ2) is 8.27. The van der Waals surface area contributed by atoms with Gasteiger partial charge in [-0.15, -0.1) is 0 Å². The molecule has 32 heavy (non-hydrogen) atoms. The maximum Gasteiger partial charge on any atom is 0.253 e. The SMILES string of the molecule is Cc1cc(-c2cc3c(nc(C)n3Cc3ccc(F)cc3F)c(NS(C)=O)n2)cn(C)c1=O. The molecule has 4 rings (SSSR count). The maximum atomic E-state index is 14.3. The van der Waals surface area contributed by atoms with Crippen molar-refractivity contribution >= 4 is 27.8 Å². The molecule has 1 aromatic carbocycles. The molecule has 0 radical (unpaired) electrons. The number of nitrogens with one attached hydrogen (secondary N) is 1. The van der Waals surface area contributed by atoms with Crippen LogP contribution < -0.4 is 10.3 Å². The Morgan fingerprint density at radius 1 is 1.12 bits per heavy atom. The van der Waals surface area contributed by atoms with Gasteiger partial charge in [-0.05, 0) is 32.0 Å². The lowest BCUT2D eigenvalue weighted by molar-refractivity contribution is 0.566. The summed E-state index contributed by atoms with van der Waals surface area (Å²) in [5.41, 5.74) is 3.08. The molecule has 4 aromatic rings. The topological polar surface area (TPSA) is 81.8 Å². The van der Waals surface area contributed by atoms with E-state index in [4.69, 9.17) is 0 Å². The number of nitrogens with zero attached hydrogens (tertiary/aromatic N) is 4. The second-order valence-corrected chi connectivity index (χ2v) is 8.70. The number of halogens is 2. The Labute approximate surface area is 185 Å². The number of hydrogen-bond donors (Lipinski definition) is 1. The summed E-state index contributed by atoms with van der Waals surface area (Å²) in [7, 11) is 0.246. The molecule has 0 fully saturated rings. The zero-order chi connectivity index (χ0) is 23.2. The highest BCUT2D eigenvalue weighted by Crippen LogP contribution is 2.29. The second-order valence-electron chi connectivity index (χ2n) is 7.59. The van der Waals surface area contributed by atoms with Gasteiger partial charge < -0.3 is 9.13 Å². The third-order valence-corrected chi connectivity index (χ3v) is 5.65. The van der Waals surface area contributed by atoms with Crippen LogP contribution in [-0.2, 0) is 24.6 Å². The lowest BCUT2D eigenvalue weighted by atomic mass is 10.1. The summed E-state index contributed by atoms with van der Waals surface area (Å²) in [4.78, 5) is 21.2. The summed E-state index contributed by atoms with van der Waals surface area (Å²) >= 11 is 0. The minimum absolute atomic E-state index is 0.115. The number of fused-ring (bicyclic) bond motifs is 1. The van der Waals surface area contributed by atoms with Crippen molar-refractivity contribution in [3.05, 3.63) is 75.5 Å². The van der Waals surface area contributed by atoms with Crippen molar-refractivity contribution in [3.63, 3.8) is 0 Å². The molecule has 0 aliphatic rings. The Hall–Kier alpha value is -3.40. The summed E-state index contributed by atoms with van der Waals surface area (Å²) < 4.78 is 45.6. The smallest absolute Gasteiger partial charge is 0.253 e. The van der Waals surface area contributed by atoms with E-state index in [9.17, 15) is 17.8 Å². The summed E-state index contributed by atoms with van der Waals surface area (Å²) in [6, 6.07) is 6.97. The molecule has 1 unspecified atom stereocenters. The molecule has 0 bridgehead atoms. The number of aromatic nitrogens is 4. The van der Waals surface area contributed by atoms with E-state index < -0.39 is 22.6 Å². The molecule has 3 heterocycles. The van der Waals surface area contributed by atoms with Crippen LogP contribution in [0.3, 0.4) is 0 Å². The lowest BCUT2D eigenvalue weighted by Crippen LogP contribution is -2.18. The van der Waals surface area contributed by atoms with E-state index in [2.05, 4.69) is 14.7 Å². The van der Waals surface area contributed by atoms with Crippen molar-refractivity contribution in [1.29, 1.82) is 0 Å². The van der Waals surface area contributed by atoms with Crippen LogP contribution in [0, 0.1) is 25.5 Å². The van der Waals surface area contributed by atoms with Crippen molar-refractivity contribution in [1.82, 2.24) is 19.1 Å². The molecular formula is C22H21F2N5O2S. The van der Waals surface area contributed by atoms with Gasteiger partial charge in [-0.25, -0.2) is 23.0 Å². The van der Waals surface area contributed by atoms with E-state index in [1.54, 1.807) is 43.8 Å². The standard InChI is InChI=1S/C22H21F2N5O2S/c1-12-7-15(10-28(3)22(12)30)18-9-19-20(21(26-18)27-32(4)31)25-13(2)29(19)11-14-5-6-16(23)8-17(14)24/h5-10H,11H2,1-4H3,(H,26,27). The highest BCUT2D eigenvalue weighted by Gasteiger charge is 2.18. The Bertz CT molecular complexity index is 1420. The predicted octanol–water partition coefficient (Wildman–Crippen LogP) is 3.45. The average Bonchev–Trinajstić information content (AvgIpc) is 3.03. The van der Waals surface area contributed by atoms with Crippen LogP contribution in [0.15, 0.2) is 41.3 Å². The summed E-state index contributed by atoms with van der Waals surface area (Å²) in [5.74, 6) is -0.398. The molecule has 0 aliphatic carbocycles. The molecule has 166 valence electrons. The van der Waals surface area contributed by atoms with Gasteiger partial charge in [-0.3, -0.25) is 9.52 Å². The van der Waals surface area contributed by atoms with Crippen LogP contribution in [0.25, 0.3) is 22.3 Å². The van der Waals surface area contributed by atoms with Gasteiger partial charge >= 0.3 is 0 Å². The van der Waals surface area contributed by atoms with Gasteiger partial charge in [0.25, 0.3) is 5.56 Å². The van der Waals surface area contributed by atoms with Crippen molar-refractivity contribution < 1.29 is 13.0 Å². The van der Waals surface area contributed by atoms with Gasteiger partial charge in [0.1, 0.15) is 34.0 Å². The fourth-order valence-corrected chi connectivity index (χ4v) is 4.04. The third-order valence-electron chi connectivity index (χ3n) is 5.17. The van der Waals surface area contributed by atoms with E-state index in [1.165, 1.54) is 23.0 Å². The van der Waals surface area contributed by atoms with Crippen molar-refractivity contribution in [3.8, 4) is 11.3 Å². The molecule has 0 amide bonds. The molecule has 1 atom stereocenters. The predicted molar refractivity (Wildman–Crippen MR) is 121 cm³/mol. The Morgan fingerprint density at radius 2 is 1.88 bits per heavy atom. The molecule has 1 N–H and O–H groups in total. The largest absolute Gasteiger partial charge is 0.323 e. The number of anilines is 1. The Balaban J connectivity index is 1.94. The van der Waals surface area contributed by atoms with Crippen LogP contribution in [0.5, 0.6) is 0 Å². The van der Waals surface area contributed by atoms with Gasteiger partial charge in [0.2, 0.25) is 0 Å². The van der Waals surface area contributed by atoms with Crippen LogP contribution in [0.2, 0.25) is 0 Å². The Morgan fingerprint density at radius 3 is 2.53 bits per heavy atom. The van der Waals surface area contributed by atoms with E-state index in [1.807, 2.05) is 0 Å². The highest BCUT2D eigenvalue weighted by molar-refractivity contribution is 7.85. The van der Waals surface area contributed by atoms with Gasteiger partial charge in [-0.2, -0.15) is 0 Å². The summed E-state index contributed by atoms with van der Waals surface area (Å²) in [6.07, 6.45) is 3.15. The number of pyridine rings is 2. The van der Waals surface area contributed by atoms with Gasteiger partial charge in [-0.1, -0.05) is 6.07 Å². The monoisotopic (exact) mass is 457 g/mol. The molecule has 0 saturated carbocycles. The first-order chi connectivity index (χ1) is 15.1. The first-order valence-corrected chi connectivity index (χ1v) is 11.3.